The highest BCUT2D eigenvalue weighted by Crippen LogP contribution is 2.25. The van der Waals surface area contributed by atoms with E-state index in [4.69, 9.17) is 4.42 Å². The van der Waals surface area contributed by atoms with Crippen LogP contribution in [-0.4, -0.2) is 16.7 Å². The molecule has 4 aromatic rings. The van der Waals surface area contributed by atoms with Gasteiger partial charge in [0.2, 0.25) is 0 Å². The number of benzene rings is 2. The van der Waals surface area contributed by atoms with Crippen LogP contribution in [0.5, 0.6) is 0 Å². The Morgan fingerprint density at radius 3 is 2.93 bits per heavy atom. The van der Waals surface area contributed by atoms with Gasteiger partial charge >= 0.3 is 5.91 Å². The SMILES string of the molecule is CC[C@H](C)n1cc(C=NNC(=O)c2cc3cc(Br)ccc3o2)c2ccccc21. The van der Waals surface area contributed by atoms with Crippen molar-refractivity contribution in [2.45, 2.75) is 26.3 Å². The van der Waals surface area contributed by atoms with Gasteiger partial charge in [0.15, 0.2) is 5.76 Å². The van der Waals surface area contributed by atoms with Gasteiger partial charge in [0.05, 0.1) is 6.21 Å². The van der Waals surface area contributed by atoms with Crippen molar-refractivity contribution in [1.29, 1.82) is 0 Å². The van der Waals surface area contributed by atoms with Crippen molar-refractivity contribution in [2.75, 3.05) is 0 Å². The molecule has 0 saturated carbocycles. The zero-order valence-corrected chi connectivity index (χ0v) is 17.2. The van der Waals surface area contributed by atoms with Crippen molar-refractivity contribution in [3.8, 4) is 0 Å². The summed E-state index contributed by atoms with van der Waals surface area (Å²) in [5.41, 5.74) is 5.34. The van der Waals surface area contributed by atoms with Crippen molar-refractivity contribution < 1.29 is 9.21 Å². The van der Waals surface area contributed by atoms with Crippen molar-refractivity contribution >= 4 is 49.9 Å². The molecule has 28 heavy (non-hydrogen) atoms. The van der Waals surface area contributed by atoms with Gasteiger partial charge < -0.3 is 8.98 Å². The minimum absolute atomic E-state index is 0.229. The fourth-order valence-electron chi connectivity index (χ4n) is 3.24. The summed E-state index contributed by atoms with van der Waals surface area (Å²) in [6.07, 6.45) is 4.79. The zero-order valence-electron chi connectivity index (χ0n) is 15.6. The zero-order chi connectivity index (χ0) is 19.7. The molecule has 0 bridgehead atoms. The molecule has 2 aromatic heterocycles. The first-order valence-electron chi connectivity index (χ1n) is 9.19. The van der Waals surface area contributed by atoms with E-state index < -0.39 is 0 Å². The van der Waals surface area contributed by atoms with Crippen LogP contribution in [0.1, 0.15) is 42.4 Å². The predicted octanol–water partition coefficient (Wildman–Crippen LogP) is 5.88. The molecule has 0 radical (unpaired) electrons. The van der Waals surface area contributed by atoms with Crippen molar-refractivity contribution in [3.05, 3.63) is 70.5 Å². The number of aromatic nitrogens is 1. The Morgan fingerprint density at radius 1 is 1.29 bits per heavy atom. The molecule has 0 aliphatic heterocycles. The van der Waals surface area contributed by atoms with Crippen LogP contribution in [0.15, 0.2) is 68.7 Å². The van der Waals surface area contributed by atoms with E-state index >= 15 is 0 Å². The molecule has 1 amide bonds. The van der Waals surface area contributed by atoms with Crippen LogP contribution in [0, 0.1) is 0 Å². The Labute approximate surface area is 171 Å². The number of rotatable bonds is 5. The molecule has 1 atom stereocenters. The van der Waals surface area contributed by atoms with E-state index in [9.17, 15) is 4.79 Å². The summed E-state index contributed by atoms with van der Waals surface area (Å²) < 4.78 is 8.78. The average molecular weight is 438 g/mol. The van der Waals surface area contributed by atoms with E-state index in [1.807, 2.05) is 30.3 Å². The van der Waals surface area contributed by atoms with Gasteiger partial charge in [-0.25, -0.2) is 5.43 Å². The van der Waals surface area contributed by atoms with E-state index in [0.717, 1.165) is 32.7 Å². The molecular weight excluding hydrogens is 418 g/mol. The first-order valence-corrected chi connectivity index (χ1v) is 9.98. The lowest BCUT2D eigenvalue weighted by atomic mass is 10.2. The highest BCUT2D eigenvalue weighted by atomic mass is 79.9. The van der Waals surface area contributed by atoms with Gasteiger partial charge in [-0.15, -0.1) is 0 Å². The van der Waals surface area contributed by atoms with E-state index in [1.54, 1.807) is 12.3 Å². The Kier molecular flexibility index (Phi) is 5.05. The monoisotopic (exact) mass is 437 g/mol. The Bertz CT molecular complexity index is 1190. The second-order valence-electron chi connectivity index (χ2n) is 6.76. The third-order valence-corrected chi connectivity index (χ3v) is 5.40. The van der Waals surface area contributed by atoms with Gasteiger partial charge in [0.1, 0.15) is 5.58 Å². The predicted molar refractivity (Wildman–Crippen MR) is 116 cm³/mol. The van der Waals surface area contributed by atoms with Gasteiger partial charge in [0.25, 0.3) is 0 Å². The third kappa shape index (κ3) is 3.47. The second kappa shape index (κ2) is 7.64. The molecule has 2 aromatic carbocycles. The van der Waals surface area contributed by atoms with Gasteiger partial charge in [-0.3, -0.25) is 4.79 Å². The molecule has 0 saturated heterocycles. The number of hydrogen-bond acceptors (Lipinski definition) is 3. The Hall–Kier alpha value is -2.86. The Morgan fingerprint density at radius 2 is 2.11 bits per heavy atom. The van der Waals surface area contributed by atoms with Crippen LogP contribution < -0.4 is 5.43 Å². The van der Waals surface area contributed by atoms with Crippen LogP contribution in [0.3, 0.4) is 0 Å². The number of hydrazone groups is 1. The van der Waals surface area contributed by atoms with Crippen LogP contribution >= 0.6 is 15.9 Å². The van der Waals surface area contributed by atoms with Crippen LogP contribution in [0.25, 0.3) is 21.9 Å². The fraction of sp³-hybridized carbons (Fsp3) is 0.182. The number of halogens is 1. The summed E-state index contributed by atoms with van der Waals surface area (Å²) >= 11 is 3.42. The van der Waals surface area contributed by atoms with Gasteiger partial charge in [-0.1, -0.05) is 41.1 Å². The summed E-state index contributed by atoms with van der Waals surface area (Å²) in [5, 5.41) is 6.11. The number of amides is 1. The number of furan rings is 1. The van der Waals surface area contributed by atoms with Crippen molar-refractivity contribution in [1.82, 2.24) is 9.99 Å². The molecule has 0 spiro atoms. The van der Waals surface area contributed by atoms with Crippen molar-refractivity contribution in [2.24, 2.45) is 5.10 Å². The summed E-state index contributed by atoms with van der Waals surface area (Å²) in [6, 6.07) is 15.9. The summed E-state index contributed by atoms with van der Waals surface area (Å²) in [5.74, 6) is -0.151. The number of nitrogens with zero attached hydrogens (tertiary/aromatic N) is 2. The van der Waals surface area contributed by atoms with Gasteiger partial charge in [-0.05, 0) is 43.7 Å². The number of nitrogens with one attached hydrogen (secondary N) is 1. The first kappa shape index (κ1) is 18.5. The van der Waals surface area contributed by atoms with Crippen LogP contribution in [0.4, 0.5) is 0 Å². The molecule has 142 valence electrons. The first-order chi connectivity index (χ1) is 13.6. The maximum Gasteiger partial charge on any atom is 0.307 e. The maximum atomic E-state index is 12.4. The number of para-hydroxylation sites is 1. The van der Waals surface area contributed by atoms with E-state index in [0.29, 0.717) is 11.6 Å². The number of carbonyl (C=O) groups excluding carboxylic acids is 1. The van der Waals surface area contributed by atoms with Crippen LogP contribution in [0.2, 0.25) is 0 Å². The molecule has 5 nitrogen and oxygen atoms in total. The summed E-state index contributed by atoms with van der Waals surface area (Å²) in [6.45, 7) is 4.36. The second-order valence-corrected chi connectivity index (χ2v) is 7.67. The minimum Gasteiger partial charge on any atom is -0.451 e. The molecular formula is C22H20BrN3O2. The fourth-order valence-corrected chi connectivity index (χ4v) is 3.62. The summed E-state index contributed by atoms with van der Waals surface area (Å²) in [7, 11) is 0. The lowest BCUT2D eigenvalue weighted by Crippen LogP contribution is -2.16. The molecule has 0 unspecified atom stereocenters. The normalized spacial score (nSPS) is 12.8. The molecule has 0 fully saturated rings. The van der Waals surface area contributed by atoms with E-state index in [-0.39, 0.29) is 11.7 Å². The lowest BCUT2D eigenvalue weighted by molar-refractivity contribution is 0.0929. The minimum atomic E-state index is -0.380. The highest BCUT2D eigenvalue weighted by Gasteiger charge is 2.13. The van der Waals surface area contributed by atoms with Crippen molar-refractivity contribution in [3.63, 3.8) is 0 Å². The maximum absolute atomic E-state index is 12.4. The highest BCUT2D eigenvalue weighted by molar-refractivity contribution is 9.10. The number of carbonyl (C=O) groups is 1. The van der Waals surface area contributed by atoms with E-state index in [2.05, 4.69) is 63.2 Å². The Balaban J connectivity index is 1.56. The van der Waals surface area contributed by atoms with Gasteiger partial charge in [0, 0.05) is 38.6 Å². The third-order valence-electron chi connectivity index (χ3n) is 4.91. The largest absolute Gasteiger partial charge is 0.451 e. The molecule has 4 rings (SSSR count). The lowest BCUT2D eigenvalue weighted by Gasteiger charge is -2.12. The molecule has 2 heterocycles. The van der Waals surface area contributed by atoms with Crippen LogP contribution in [-0.2, 0) is 0 Å². The topological polar surface area (TPSA) is 59.5 Å². The van der Waals surface area contributed by atoms with E-state index in [1.165, 1.54) is 0 Å². The van der Waals surface area contributed by atoms with Gasteiger partial charge in [-0.2, -0.15) is 5.10 Å². The standard InChI is InChI=1S/C22H20BrN3O2/c1-3-14(2)26-13-16(18-6-4-5-7-19(18)26)12-24-25-22(27)21-11-15-10-17(23)8-9-20(15)28-21/h4-14H,3H2,1-2H3,(H,25,27)/t14-/m0/s1. The smallest absolute Gasteiger partial charge is 0.307 e. The summed E-state index contributed by atoms with van der Waals surface area (Å²) in [4.78, 5) is 12.4. The number of fused-ring (bicyclic) bond motifs is 2. The molecule has 1 N–H and O–H groups in total. The molecule has 0 aliphatic rings. The average Bonchev–Trinajstić information content (AvgIpc) is 3.29. The molecule has 6 heteroatoms. The molecule has 0 aliphatic carbocycles. The number of hydrogen-bond donors (Lipinski definition) is 1. The quantitative estimate of drug-likeness (QED) is 0.312.